The Kier molecular flexibility index (Phi) is 2.86. The molecule has 2 nitrogen and oxygen atoms in total. The van der Waals surface area contributed by atoms with Crippen LogP contribution < -0.4 is 0 Å². The fourth-order valence-electron chi connectivity index (χ4n) is 0.198. The molecular weight excluding hydrogens is 132 g/mol. The molecule has 9 heavy (non-hydrogen) atoms. The van der Waals surface area contributed by atoms with Crippen molar-refractivity contribution in [1.29, 1.82) is 5.26 Å². The summed E-state index contributed by atoms with van der Waals surface area (Å²) in [7, 11) is -0.123. The van der Waals surface area contributed by atoms with Gasteiger partial charge >= 0.3 is 0 Å². The maximum atomic E-state index is 8.19. The van der Waals surface area contributed by atoms with Crippen molar-refractivity contribution in [2.75, 3.05) is 6.26 Å². The Morgan fingerprint density at radius 2 is 1.89 bits per heavy atom. The second-order valence-electron chi connectivity index (χ2n) is 2.78. The van der Waals surface area contributed by atoms with Gasteiger partial charge in [-0.2, -0.15) is 9.62 Å². The highest BCUT2D eigenvalue weighted by Crippen LogP contribution is 2.10. The predicted molar refractivity (Wildman–Crippen MR) is 41.1 cm³/mol. The van der Waals surface area contributed by atoms with Crippen LogP contribution in [0.3, 0.4) is 0 Å². The molecule has 0 aliphatic heterocycles. The van der Waals surface area contributed by atoms with Gasteiger partial charge in [-0.25, -0.2) is 0 Å². The monoisotopic (exact) mass is 144 g/mol. The van der Waals surface area contributed by atoms with Gasteiger partial charge in [0.2, 0.25) is 6.19 Å². The largest absolute Gasteiger partial charge is 0.212 e. The molecule has 0 fully saturated rings. The van der Waals surface area contributed by atoms with Gasteiger partial charge in [-0.05, 0) is 6.26 Å². The number of rotatable bonds is 0. The second kappa shape index (κ2) is 2.98. The molecular formula is C6H12N2S. The van der Waals surface area contributed by atoms with Gasteiger partial charge in [0.1, 0.15) is 0 Å². The molecule has 3 heteroatoms. The van der Waals surface area contributed by atoms with E-state index in [2.05, 4.69) is 25.1 Å². The van der Waals surface area contributed by atoms with Crippen molar-refractivity contribution < 1.29 is 0 Å². The summed E-state index contributed by atoms with van der Waals surface area (Å²) in [5.74, 6) is 0. The smallest absolute Gasteiger partial charge is 0.170 e. The SMILES string of the molecule is CS(=NC#N)C(C)(C)C. The lowest BCUT2D eigenvalue weighted by atomic mass is 10.3. The Morgan fingerprint density at radius 1 is 1.44 bits per heavy atom. The van der Waals surface area contributed by atoms with Crippen molar-refractivity contribution in [1.82, 2.24) is 0 Å². The zero-order valence-electron chi connectivity index (χ0n) is 6.30. The molecule has 52 valence electrons. The highest BCUT2D eigenvalue weighted by atomic mass is 32.2. The first-order valence-corrected chi connectivity index (χ1v) is 4.33. The van der Waals surface area contributed by atoms with Crippen LogP contribution in [0.25, 0.3) is 0 Å². The number of nitrogens with zero attached hydrogens (tertiary/aromatic N) is 2. The highest BCUT2D eigenvalue weighted by Gasteiger charge is 2.11. The molecule has 0 rings (SSSR count). The summed E-state index contributed by atoms with van der Waals surface area (Å²) in [5, 5.41) is 8.19. The van der Waals surface area contributed by atoms with Crippen LogP contribution in [0.2, 0.25) is 0 Å². The molecule has 0 radical (unpaired) electrons. The van der Waals surface area contributed by atoms with Crippen LogP contribution in [0.5, 0.6) is 0 Å². The van der Waals surface area contributed by atoms with E-state index in [9.17, 15) is 0 Å². The number of hydrogen-bond acceptors (Lipinski definition) is 2. The van der Waals surface area contributed by atoms with Gasteiger partial charge in [0.15, 0.2) is 0 Å². The average Bonchev–Trinajstić information content (AvgIpc) is 1.64. The first kappa shape index (κ1) is 8.64. The van der Waals surface area contributed by atoms with Crippen molar-refractivity contribution >= 4 is 10.7 Å². The average molecular weight is 144 g/mol. The third kappa shape index (κ3) is 3.26. The van der Waals surface area contributed by atoms with Crippen molar-refractivity contribution in [2.24, 2.45) is 4.36 Å². The van der Waals surface area contributed by atoms with Crippen LogP contribution in [0.15, 0.2) is 4.36 Å². The summed E-state index contributed by atoms with van der Waals surface area (Å²) < 4.78 is 3.88. The molecule has 0 aliphatic carbocycles. The van der Waals surface area contributed by atoms with Gasteiger partial charge < -0.3 is 0 Å². The summed E-state index contributed by atoms with van der Waals surface area (Å²) in [4.78, 5) is 0. The number of hydrogen-bond donors (Lipinski definition) is 0. The van der Waals surface area contributed by atoms with Gasteiger partial charge in [-0.3, -0.25) is 0 Å². The van der Waals surface area contributed by atoms with Gasteiger partial charge in [0.05, 0.1) is 0 Å². The molecule has 0 aliphatic rings. The number of nitriles is 1. The molecule has 0 aromatic heterocycles. The maximum absolute atomic E-state index is 8.19. The molecule has 0 saturated heterocycles. The minimum atomic E-state index is -0.123. The van der Waals surface area contributed by atoms with Crippen molar-refractivity contribution in [2.45, 2.75) is 25.5 Å². The summed E-state index contributed by atoms with van der Waals surface area (Å²) >= 11 is 0. The van der Waals surface area contributed by atoms with Crippen molar-refractivity contribution in [3.63, 3.8) is 0 Å². The molecule has 0 amide bonds. The van der Waals surface area contributed by atoms with E-state index in [0.717, 1.165) is 0 Å². The Balaban J connectivity index is 4.25. The Labute approximate surface area is 59.0 Å². The van der Waals surface area contributed by atoms with Crippen molar-refractivity contribution in [3.05, 3.63) is 0 Å². The fourth-order valence-corrected chi connectivity index (χ4v) is 0.595. The molecule has 0 aromatic carbocycles. The molecule has 1 atom stereocenters. The molecule has 0 heterocycles. The van der Waals surface area contributed by atoms with E-state index in [1.165, 1.54) is 0 Å². The first-order valence-electron chi connectivity index (χ1n) is 2.74. The van der Waals surface area contributed by atoms with E-state index in [1.807, 2.05) is 12.4 Å². The quantitative estimate of drug-likeness (QED) is 0.477. The van der Waals surface area contributed by atoms with E-state index in [1.54, 1.807) is 0 Å². The minimum Gasteiger partial charge on any atom is -0.170 e. The zero-order chi connectivity index (χ0) is 7.49. The molecule has 1 unspecified atom stereocenters. The predicted octanol–water partition coefficient (Wildman–Crippen LogP) is 1.70. The third-order valence-electron chi connectivity index (χ3n) is 1.06. The van der Waals surface area contributed by atoms with Crippen LogP contribution >= 0.6 is 0 Å². The normalized spacial score (nSPS) is 15.0. The van der Waals surface area contributed by atoms with Crippen LogP contribution in [0.4, 0.5) is 0 Å². The van der Waals surface area contributed by atoms with E-state index >= 15 is 0 Å². The zero-order valence-corrected chi connectivity index (χ0v) is 7.12. The first-order chi connectivity index (χ1) is 3.98. The molecule has 0 saturated carbocycles. The molecule has 0 bridgehead atoms. The fraction of sp³-hybridized carbons (Fsp3) is 0.833. The van der Waals surface area contributed by atoms with Crippen LogP contribution in [-0.4, -0.2) is 11.0 Å². The Hall–Kier alpha value is -0.360. The van der Waals surface area contributed by atoms with E-state index in [-0.39, 0.29) is 15.4 Å². The van der Waals surface area contributed by atoms with Crippen LogP contribution in [0, 0.1) is 11.5 Å². The Bertz CT molecular complexity index is 159. The van der Waals surface area contributed by atoms with Crippen LogP contribution in [0.1, 0.15) is 20.8 Å². The van der Waals surface area contributed by atoms with Gasteiger partial charge in [-0.15, -0.1) is 0 Å². The lowest BCUT2D eigenvalue weighted by Gasteiger charge is -2.16. The molecule has 0 aromatic rings. The minimum absolute atomic E-state index is 0.123. The third-order valence-corrected chi connectivity index (χ3v) is 3.19. The summed E-state index contributed by atoms with van der Waals surface area (Å²) in [5.41, 5.74) is 0. The lowest BCUT2D eigenvalue weighted by Crippen LogP contribution is -2.19. The Morgan fingerprint density at radius 3 is 2.00 bits per heavy atom. The van der Waals surface area contributed by atoms with Gasteiger partial charge in [0, 0.05) is 4.75 Å². The topological polar surface area (TPSA) is 36.1 Å². The summed E-state index contributed by atoms with van der Waals surface area (Å²) in [6.07, 6.45) is 3.79. The summed E-state index contributed by atoms with van der Waals surface area (Å²) in [6, 6.07) is 0. The standard InChI is InChI=1S/C6H12N2S/c1-6(2,3)9(4)8-5-7/h1-4H3. The molecule has 0 N–H and O–H groups in total. The maximum Gasteiger partial charge on any atom is 0.212 e. The lowest BCUT2D eigenvalue weighted by molar-refractivity contribution is 0.798. The van der Waals surface area contributed by atoms with Crippen LogP contribution in [-0.2, 0) is 10.7 Å². The van der Waals surface area contributed by atoms with Crippen molar-refractivity contribution in [3.8, 4) is 6.19 Å². The molecule has 0 spiro atoms. The van der Waals surface area contributed by atoms with Gasteiger partial charge in [0.25, 0.3) is 0 Å². The van der Waals surface area contributed by atoms with Gasteiger partial charge in [-0.1, -0.05) is 31.5 Å². The van der Waals surface area contributed by atoms with E-state index in [4.69, 9.17) is 5.26 Å². The summed E-state index contributed by atoms with van der Waals surface area (Å²) in [6.45, 7) is 6.24. The van der Waals surface area contributed by atoms with E-state index in [0.29, 0.717) is 0 Å². The highest BCUT2D eigenvalue weighted by molar-refractivity contribution is 7.88. The second-order valence-corrected chi connectivity index (χ2v) is 5.14. The van der Waals surface area contributed by atoms with E-state index < -0.39 is 0 Å².